The van der Waals surface area contributed by atoms with Crippen molar-refractivity contribution in [2.45, 2.75) is 25.8 Å². The van der Waals surface area contributed by atoms with Crippen LogP contribution < -0.4 is 40.2 Å². The van der Waals surface area contributed by atoms with Gasteiger partial charge in [-0.05, 0) is 43.8 Å². The van der Waals surface area contributed by atoms with Crippen molar-refractivity contribution in [2.24, 2.45) is 0 Å². The Kier molecular flexibility index (Phi) is 3.99. The first kappa shape index (κ1) is 16.8. The molecule has 25 heavy (non-hydrogen) atoms. The third kappa shape index (κ3) is 2.54. The Morgan fingerprint density at radius 1 is 1.28 bits per heavy atom. The first-order valence-electron chi connectivity index (χ1n) is 7.81. The quantitative estimate of drug-likeness (QED) is 0.451. The molecule has 1 fully saturated rings. The van der Waals surface area contributed by atoms with Crippen LogP contribution in [-0.4, -0.2) is 19.3 Å². The molecule has 0 amide bonds. The Labute approximate surface area is 169 Å². The maximum Gasteiger partial charge on any atom is 1.00 e. The molecule has 120 valence electrons. The number of hydrogen-bond donors (Lipinski definition) is 0. The molecule has 8 heteroatoms. The fraction of sp³-hybridized carbons (Fsp3) is 0.235. The van der Waals surface area contributed by atoms with Gasteiger partial charge in [0.05, 0.1) is 21.5 Å². The zero-order valence-electron chi connectivity index (χ0n) is 13.9. The molecule has 1 aromatic heterocycles. The normalized spacial score (nSPS) is 14.1. The molecule has 0 N–H and O–H groups in total. The summed E-state index contributed by atoms with van der Waals surface area (Å²) < 4.78 is 4.05. The zero-order valence-corrected chi connectivity index (χ0v) is 16.7. The largest absolute Gasteiger partial charge is 1.00 e. The van der Waals surface area contributed by atoms with Crippen molar-refractivity contribution in [2.75, 3.05) is 0 Å². The van der Waals surface area contributed by atoms with E-state index in [0.29, 0.717) is 22.1 Å². The summed E-state index contributed by atoms with van der Waals surface area (Å²) in [4.78, 5) is 17.4. The maximum absolute atomic E-state index is 12.9. The second kappa shape index (κ2) is 5.95. The molecule has 2 aliphatic heterocycles. The smallest absolute Gasteiger partial charge is 0.860 e. The van der Waals surface area contributed by atoms with Crippen molar-refractivity contribution in [3.8, 4) is 22.3 Å². The summed E-state index contributed by atoms with van der Waals surface area (Å²) in [5.41, 5.74) is 2.29. The van der Waals surface area contributed by atoms with Crippen molar-refractivity contribution in [3.63, 3.8) is 0 Å². The number of hydrogen-bond acceptors (Lipinski definition) is 5. The van der Waals surface area contributed by atoms with Crippen molar-refractivity contribution in [1.82, 2.24) is 19.3 Å². The van der Waals surface area contributed by atoms with Crippen LogP contribution in [0.15, 0.2) is 35.1 Å². The third-order valence-electron chi connectivity index (χ3n) is 4.47. The van der Waals surface area contributed by atoms with Crippen LogP contribution in [0.1, 0.15) is 24.6 Å². The second-order valence-corrected chi connectivity index (χ2v) is 7.12. The van der Waals surface area contributed by atoms with Crippen LogP contribution >= 0.6 is 11.3 Å². The monoisotopic (exact) mass is 360 g/mol. The number of rotatable bonds is 2. The predicted octanol–water partition coefficient (Wildman–Crippen LogP) is -0.531. The van der Waals surface area contributed by atoms with Gasteiger partial charge >= 0.3 is 29.6 Å². The summed E-state index contributed by atoms with van der Waals surface area (Å²) in [6.07, 6.45) is 1.99. The molecular weight excluding hydrogens is 347 g/mol. The van der Waals surface area contributed by atoms with Crippen molar-refractivity contribution < 1.29 is 34.7 Å². The number of thiazole rings is 1. The molecule has 1 aliphatic carbocycles. The van der Waals surface area contributed by atoms with E-state index in [-0.39, 0.29) is 47.0 Å². The SMILES string of the molecule is Cc1c2c(=O)n(-c3nc4ccccc4s3)nc-2cc([O-])n1C1CC1.[Na+]. The molecular formula is C17H13N4NaO2S. The number of para-hydroxylation sites is 1. The summed E-state index contributed by atoms with van der Waals surface area (Å²) in [6.45, 7) is 1.83. The molecule has 3 heterocycles. The van der Waals surface area contributed by atoms with Crippen molar-refractivity contribution in [3.05, 3.63) is 46.4 Å². The summed E-state index contributed by atoms with van der Waals surface area (Å²) in [6, 6.07) is 9.42. The Hall–Kier alpha value is -1.67. The van der Waals surface area contributed by atoms with E-state index >= 15 is 0 Å². The molecule has 0 unspecified atom stereocenters. The minimum atomic E-state index is -0.212. The van der Waals surface area contributed by atoms with Crippen molar-refractivity contribution in [1.29, 1.82) is 0 Å². The van der Waals surface area contributed by atoms with Gasteiger partial charge in [-0.3, -0.25) is 4.79 Å². The van der Waals surface area contributed by atoms with Gasteiger partial charge in [0.2, 0.25) is 5.13 Å². The fourth-order valence-electron chi connectivity index (χ4n) is 3.20. The van der Waals surface area contributed by atoms with E-state index in [4.69, 9.17) is 0 Å². The minimum absolute atomic E-state index is 0. The van der Waals surface area contributed by atoms with Gasteiger partial charge < -0.3 is 9.67 Å². The van der Waals surface area contributed by atoms with Crippen LogP contribution in [0.3, 0.4) is 0 Å². The van der Waals surface area contributed by atoms with Gasteiger partial charge in [-0.1, -0.05) is 23.5 Å². The average molecular weight is 360 g/mol. The molecule has 0 bridgehead atoms. The van der Waals surface area contributed by atoms with E-state index in [1.54, 1.807) is 4.57 Å². The topological polar surface area (TPSA) is 75.8 Å². The Morgan fingerprint density at radius 3 is 2.76 bits per heavy atom. The predicted molar refractivity (Wildman–Crippen MR) is 90.1 cm³/mol. The Balaban J connectivity index is 0.00000157. The number of aromatic nitrogens is 4. The van der Waals surface area contributed by atoms with E-state index in [2.05, 4.69) is 10.1 Å². The summed E-state index contributed by atoms with van der Waals surface area (Å²) in [5, 5.41) is 17.2. The summed E-state index contributed by atoms with van der Waals surface area (Å²) in [7, 11) is 0. The minimum Gasteiger partial charge on any atom is -0.860 e. The molecule has 1 aromatic carbocycles. The molecule has 3 aliphatic rings. The van der Waals surface area contributed by atoms with Crippen LogP contribution in [0, 0.1) is 6.92 Å². The molecule has 0 radical (unpaired) electrons. The van der Waals surface area contributed by atoms with E-state index < -0.39 is 0 Å². The van der Waals surface area contributed by atoms with Crippen molar-refractivity contribution >= 4 is 21.6 Å². The van der Waals surface area contributed by atoms with E-state index in [9.17, 15) is 9.90 Å². The van der Waals surface area contributed by atoms with Gasteiger partial charge in [0.25, 0.3) is 5.56 Å². The van der Waals surface area contributed by atoms with Crippen LogP contribution in [0.4, 0.5) is 0 Å². The second-order valence-electron chi connectivity index (χ2n) is 6.11. The van der Waals surface area contributed by atoms with Gasteiger partial charge in [-0.15, -0.1) is 0 Å². The van der Waals surface area contributed by atoms with E-state index in [1.807, 2.05) is 31.2 Å². The third-order valence-corrected chi connectivity index (χ3v) is 5.48. The number of pyridine rings is 1. The van der Waals surface area contributed by atoms with Gasteiger partial charge in [0, 0.05) is 11.7 Å². The molecule has 0 saturated heterocycles. The van der Waals surface area contributed by atoms with Gasteiger partial charge in [0.1, 0.15) is 0 Å². The molecule has 6 nitrogen and oxygen atoms in total. The van der Waals surface area contributed by atoms with Crippen LogP contribution in [-0.2, 0) is 0 Å². The molecule has 0 spiro atoms. The Morgan fingerprint density at radius 2 is 2.04 bits per heavy atom. The number of benzene rings is 1. The van der Waals surface area contributed by atoms with Crippen LogP contribution in [0.5, 0.6) is 5.88 Å². The summed E-state index contributed by atoms with van der Waals surface area (Å²) >= 11 is 1.42. The first-order valence-corrected chi connectivity index (χ1v) is 8.63. The Bertz CT molecular complexity index is 1090. The number of nitrogens with zero attached hydrogens (tertiary/aromatic N) is 4. The van der Waals surface area contributed by atoms with Gasteiger partial charge in [-0.25, -0.2) is 4.98 Å². The zero-order chi connectivity index (χ0) is 16.4. The fourth-order valence-corrected chi connectivity index (χ4v) is 4.11. The standard InChI is InChI=1S/C17H14N4O2S.Na/c1-9-15-12(8-14(22)20(9)10-6-7-10)19-21(16(15)23)17-18-11-4-2-3-5-13(11)24-17;/h2-5,8,10,22H,6-7H2,1H3;/q;+1/p-1. The first-order chi connectivity index (χ1) is 11.6. The summed E-state index contributed by atoms with van der Waals surface area (Å²) in [5.74, 6) is -0.0866. The number of fused-ring (bicyclic) bond motifs is 2. The molecule has 5 rings (SSSR count). The maximum atomic E-state index is 12.9. The van der Waals surface area contributed by atoms with Crippen LogP contribution in [0.25, 0.3) is 26.6 Å². The van der Waals surface area contributed by atoms with E-state index in [1.165, 1.54) is 22.1 Å². The van der Waals surface area contributed by atoms with Gasteiger partial charge in [0.15, 0.2) is 0 Å². The molecule has 1 saturated carbocycles. The molecule has 2 aromatic rings. The van der Waals surface area contributed by atoms with E-state index in [0.717, 1.165) is 23.1 Å². The molecule has 0 atom stereocenters. The van der Waals surface area contributed by atoms with Crippen LogP contribution in [0.2, 0.25) is 0 Å². The van der Waals surface area contributed by atoms with Gasteiger partial charge in [-0.2, -0.15) is 9.78 Å². The average Bonchev–Trinajstić information content (AvgIpc) is 3.19.